The quantitative estimate of drug-likeness (QED) is 0.175. The third kappa shape index (κ3) is 4.57. The molecule has 10 rings (SSSR count). The van der Waals surface area contributed by atoms with E-state index in [1.165, 1.54) is 38.1 Å². The van der Waals surface area contributed by atoms with Crippen molar-refractivity contribution in [2.75, 3.05) is 4.90 Å². The van der Waals surface area contributed by atoms with Gasteiger partial charge in [0.25, 0.3) is 0 Å². The molecular formula is C48H31NO. The van der Waals surface area contributed by atoms with E-state index in [0.29, 0.717) is 0 Å². The average Bonchev–Trinajstić information content (AvgIpc) is 3.59. The first-order valence-electron chi connectivity index (χ1n) is 17.1. The van der Waals surface area contributed by atoms with Gasteiger partial charge in [0.1, 0.15) is 11.2 Å². The van der Waals surface area contributed by atoms with Gasteiger partial charge in [0.05, 0.1) is 0 Å². The van der Waals surface area contributed by atoms with E-state index >= 15 is 0 Å². The van der Waals surface area contributed by atoms with Crippen LogP contribution in [0.3, 0.4) is 0 Å². The lowest BCUT2D eigenvalue weighted by molar-refractivity contribution is 0.674. The maximum atomic E-state index is 7.01. The van der Waals surface area contributed by atoms with Gasteiger partial charge in [0.2, 0.25) is 0 Å². The Bertz CT molecular complexity index is 2850. The summed E-state index contributed by atoms with van der Waals surface area (Å²) in [5.41, 5.74) is 9.64. The Balaban J connectivity index is 1.30. The molecule has 0 unspecified atom stereocenters. The van der Waals surface area contributed by atoms with Gasteiger partial charge in [-0.2, -0.15) is 0 Å². The zero-order valence-electron chi connectivity index (χ0n) is 27.3. The van der Waals surface area contributed by atoms with E-state index in [4.69, 9.17) is 4.42 Å². The fraction of sp³-hybridized carbons (Fsp3) is 0. The molecule has 0 bridgehead atoms. The van der Waals surface area contributed by atoms with Crippen molar-refractivity contribution in [1.29, 1.82) is 0 Å². The molecule has 0 aliphatic rings. The van der Waals surface area contributed by atoms with Crippen LogP contribution in [0.5, 0.6) is 0 Å². The normalized spacial score (nSPS) is 11.6. The van der Waals surface area contributed by atoms with Crippen LogP contribution in [-0.4, -0.2) is 0 Å². The Labute approximate surface area is 290 Å². The Kier molecular flexibility index (Phi) is 6.53. The van der Waals surface area contributed by atoms with Crippen molar-refractivity contribution in [3.63, 3.8) is 0 Å². The molecule has 0 aliphatic heterocycles. The van der Waals surface area contributed by atoms with Gasteiger partial charge >= 0.3 is 0 Å². The van der Waals surface area contributed by atoms with E-state index in [1.807, 2.05) is 0 Å². The lowest BCUT2D eigenvalue weighted by Gasteiger charge is -2.27. The minimum Gasteiger partial charge on any atom is -0.455 e. The fourth-order valence-corrected chi connectivity index (χ4v) is 7.65. The number of furan rings is 1. The monoisotopic (exact) mass is 637 g/mol. The van der Waals surface area contributed by atoms with Crippen LogP contribution in [0.1, 0.15) is 0 Å². The van der Waals surface area contributed by atoms with Crippen LogP contribution in [0.2, 0.25) is 0 Å². The molecule has 0 fully saturated rings. The molecule has 9 aromatic carbocycles. The summed E-state index contributed by atoms with van der Waals surface area (Å²) in [6.45, 7) is 0. The van der Waals surface area contributed by atoms with E-state index in [1.54, 1.807) is 0 Å². The first kappa shape index (κ1) is 28.4. The van der Waals surface area contributed by atoms with Crippen molar-refractivity contribution in [1.82, 2.24) is 0 Å². The number of anilines is 3. The summed E-state index contributed by atoms with van der Waals surface area (Å²) in [7, 11) is 0. The zero-order chi connectivity index (χ0) is 33.0. The minimum atomic E-state index is 0.898. The van der Waals surface area contributed by atoms with Gasteiger partial charge < -0.3 is 9.32 Å². The van der Waals surface area contributed by atoms with Gasteiger partial charge in [0, 0.05) is 38.8 Å². The highest BCUT2D eigenvalue weighted by molar-refractivity contribution is 6.31. The van der Waals surface area contributed by atoms with Crippen molar-refractivity contribution in [2.45, 2.75) is 0 Å². The van der Waals surface area contributed by atoms with E-state index < -0.39 is 0 Å². The third-order valence-corrected chi connectivity index (χ3v) is 10.00. The van der Waals surface area contributed by atoms with E-state index in [9.17, 15) is 0 Å². The van der Waals surface area contributed by atoms with Crippen molar-refractivity contribution < 1.29 is 4.42 Å². The molecular weight excluding hydrogens is 607 g/mol. The van der Waals surface area contributed by atoms with Crippen LogP contribution in [0.25, 0.3) is 76.5 Å². The van der Waals surface area contributed by atoms with Gasteiger partial charge in [-0.3, -0.25) is 0 Å². The molecule has 1 heterocycles. The summed E-state index contributed by atoms with van der Waals surface area (Å²) in [6, 6.07) is 67.4. The molecule has 0 saturated heterocycles. The van der Waals surface area contributed by atoms with E-state index in [0.717, 1.165) is 55.5 Å². The van der Waals surface area contributed by atoms with Crippen LogP contribution in [-0.2, 0) is 0 Å². The highest BCUT2D eigenvalue weighted by Crippen LogP contribution is 2.47. The lowest BCUT2D eigenvalue weighted by atomic mass is 9.95. The van der Waals surface area contributed by atoms with Gasteiger partial charge in [-0.1, -0.05) is 152 Å². The van der Waals surface area contributed by atoms with Gasteiger partial charge in [-0.25, -0.2) is 0 Å². The Morgan fingerprint density at radius 3 is 1.62 bits per heavy atom. The molecule has 0 N–H and O–H groups in total. The molecule has 0 aliphatic carbocycles. The Morgan fingerprint density at radius 1 is 0.320 bits per heavy atom. The van der Waals surface area contributed by atoms with Crippen LogP contribution < -0.4 is 4.90 Å². The minimum absolute atomic E-state index is 0.898. The molecule has 1 aromatic heterocycles. The molecule has 2 nitrogen and oxygen atoms in total. The predicted octanol–water partition coefficient (Wildman–Crippen LogP) is 13.8. The molecule has 10 aromatic rings. The standard InChI is InChI=1S/C48H31NO/c1-3-13-32(14-4-1)34-23-26-37(27-24-34)49(38-28-25-33-15-7-8-18-36(33)29-38)39-30-44(35-16-5-2-6-17-35)47-45(31-39)46-42-21-11-9-19-40(42)41-20-10-12-22-43(41)48(46)50-47/h1-31H. The molecule has 0 amide bonds. The number of rotatable bonds is 5. The molecule has 50 heavy (non-hydrogen) atoms. The molecule has 0 saturated carbocycles. The second-order valence-corrected chi connectivity index (χ2v) is 12.9. The van der Waals surface area contributed by atoms with Crippen molar-refractivity contribution in [3.8, 4) is 22.3 Å². The summed E-state index contributed by atoms with van der Waals surface area (Å²) in [4.78, 5) is 2.38. The second kappa shape index (κ2) is 11.5. The highest BCUT2D eigenvalue weighted by Gasteiger charge is 2.22. The van der Waals surface area contributed by atoms with Crippen molar-refractivity contribution >= 4 is 71.3 Å². The van der Waals surface area contributed by atoms with Gasteiger partial charge in [-0.15, -0.1) is 0 Å². The van der Waals surface area contributed by atoms with Gasteiger partial charge in [0.15, 0.2) is 0 Å². The summed E-state index contributed by atoms with van der Waals surface area (Å²) in [5, 5.41) is 9.42. The molecule has 234 valence electrons. The van der Waals surface area contributed by atoms with E-state index in [-0.39, 0.29) is 0 Å². The van der Waals surface area contributed by atoms with Gasteiger partial charge in [-0.05, 0) is 80.0 Å². The maximum Gasteiger partial charge on any atom is 0.143 e. The van der Waals surface area contributed by atoms with Crippen molar-refractivity contribution in [3.05, 3.63) is 188 Å². The lowest BCUT2D eigenvalue weighted by Crippen LogP contribution is -2.10. The Hall–Kier alpha value is -6.64. The molecule has 0 atom stereocenters. The number of fused-ring (bicyclic) bond motifs is 9. The summed E-state index contributed by atoms with van der Waals surface area (Å²) < 4.78 is 7.01. The molecule has 2 heteroatoms. The third-order valence-electron chi connectivity index (χ3n) is 10.00. The zero-order valence-corrected chi connectivity index (χ0v) is 27.3. The Morgan fingerprint density at radius 2 is 0.880 bits per heavy atom. The smallest absolute Gasteiger partial charge is 0.143 e. The summed E-state index contributed by atoms with van der Waals surface area (Å²) in [6.07, 6.45) is 0. The summed E-state index contributed by atoms with van der Waals surface area (Å²) >= 11 is 0. The van der Waals surface area contributed by atoms with Crippen LogP contribution >= 0.6 is 0 Å². The predicted molar refractivity (Wildman–Crippen MR) is 212 cm³/mol. The number of hydrogen-bond donors (Lipinski definition) is 0. The fourth-order valence-electron chi connectivity index (χ4n) is 7.65. The topological polar surface area (TPSA) is 16.4 Å². The SMILES string of the molecule is c1ccc(-c2ccc(N(c3ccc4ccccc4c3)c3cc(-c4ccccc4)c4oc5c6ccccc6c6ccccc6c5c4c3)cc2)cc1. The van der Waals surface area contributed by atoms with Crippen LogP contribution in [0.4, 0.5) is 17.1 Å². The summed E-state index contributed by atoms with van der Waals surface area (Å²) in [5.74, 6) is 0. The first-order chi connectivity index (χ1) is 24.8. The molecule has 0 radical (unpaired) electrons. The molecule has 0 spiro atoms. The number of nitrogens with zero attached hydrogens (tertiary/aromatic N) is 1. The second-order valence-electron chi connectivity index (χ2n) is 12.9. The van der Waals surface area contributed by atoms with Crippen LogP contribution in [0.15, 0.2) is 192 Å². The largest absolute Gasteiger partial charge is 0.455 e. The van der Waals surface area contributed by atoms with Crippen molar-refractivity contribution in [2.24, 2.45) is 0 Å². The van der Waals surface area contributed by atoms with E-state index in [2.05, 4.69) is 193 Å². The average molecular weight is 638 g/mol. The number of benzene rings is 9. The number of hydrogen-bond acceptors (Lipinski definition) is 2. The maximum absolute atomic E-state index is 7.01. The first-order valence-corrected chi connectivity index (χ1v) is 17.1. The van der Waals surface area contributed by atoms with Crippen LogP contribution in [0, 0.1) is 0 Å². The highest BCUT2D eigenvalue weighted by atomic mass is 16.3.